The number of hydrogen-bond acceptors (Lipinski definition) is 7. The van der Waals surface area contributed by atoms with E-state index in [4.69, 9.17) is 16.3 Å². The lowest BCUT2D eigenvalue weighted by Gasteiger charge is -2.35. The van der Waals surface area contributed by atoms with Crippen molar-refractivity contribution in [2.75, 3.05) is 70.3 Å². The van der Waals surface area contributed by atoms with Gasteiger partial charge in [-0.3, -0.25) is 9.59 Å². The second kappa shape index (κ2) is 13.0. The van der Waals surface area contributed by atoms with E-state index in [2.05, 4.69) is 20.5 Å². The van der Waals surface area contributed by atoms with Crippen molar-refractivity contribution in [1.29, 1.82) is 0 Å². The van der Waals surface area contributed by atoms with E-state index in [1.807, 2.05) is 28.0 Å². The molecular formula is C31H41ClN6O3. The van der Waals surface area contributed by atoms with Crippen LogP contribution in [-0.4, -0.2) is 98.1 Å². The third-order valence-corrected chi connectivity index (χ3v) is 9.15. The van der Waals surface area contributed by atoms with Crippen LogP contribution in [0.5, 0.6) is 5.88 Å². The van der Waals surface area contributed by atoms with Gasteiger partial charge in [-0.1, -0.05) is 30.9 Å². The van der Waals surface area contributed by atoms with Crippen LogP contribution in [0.1, 0.15) is 70.7 Å². The molecule has 0 spiro atoms. The van der Waals surface area contributed by atoms with Crippen molar-refractivity contribution < 1.29 is 14.3 Å². The molecule has 1 aromatic heterocycles. The van der Waals surface area contributed by atoms with Gasteiger partial charge in [0.25, 0.3) is 11.8 Å². The molecule has 1 saturated carbocycles. The number of hydrogen-bond donors (Lipinski definition) is 2. The maximum Gasteiger partial charge on any atom is 0.255 e. The number of piperazine rings is 2. The van der Waals surface area contributed by atoms with E-state index in [1.165, 1.54) is 19.3 Å². The highest BCUT2D eigenvalue weighted by atomic mass is 35.5. The summed E-state index contributed by atoms with van der Waals surface area (Å²) in [5.41, 5.74) is 3.27. The number of carbonyl (C=O) groups excluding carboxylic acids is 2. The topological polar surface area (TPSA) is 90.0 Å². The molecule has 10 heteroatoms. The predicted molar refractivity (Wildman–Crippen MR) is 160 cm³/mol. The number of amides is 2. The van der Waals surface area contributed by atoms with E-state index >= 15 is 0 Å². The maximum atomic E-state index is 13.6. The summed E-state index contributed by atoms with van der Waals surface area (Å²) in [7, 11) is 0. The third-order valence-electron chi connectivity index (χ3n) is 8.93. The minimum atomic E-state index is -0.0415. The molecule has 0 unspecified atom stereocenters. The van der Waals surface area contributed by atoms with Crippen LogP contribution in [0.25, 0.3) is 0 Å². The lowest BCUT2D eigenvalue weighted by molar-refractivity contribution is 0.0535. The van der Waals surface area contributed by atoms with Gasteiger partial charge in [-0.05, 0) is 56.0 Å². The molecule has 0 radical (unpaired) electrons. The summed E-state index contributed by atoms with van der Waals surface area (Å²) in [5, 5.41) is 7.28. The first-order valence-electron chi connectivity index (χ1n) is 15.3. The number of rotatable bonds is 6. The average Bonchev–Trinajstić information content (AvgIpc) is 3.54. The largest absolute Gasteiger partial charge is 0.473 e. The summed E-state index contributed by atoms with van der Waals surface area (Å²) >= 11 is 6.43. The smallest absolute Gasteiger partial charge is 0.255 e. The Balaban J connectivity index is 1.12. The van der Waals surface area contributed by atoms with Crippen LogP contribution in [-0.2, 0) is 0 Å². The van der Waals surface area contributed by atoms with E-state index in [9.17, 15) is 9.59 Å². The number of anilines is 1. The number of halogens is 1. The summed E-state index contributed by atoms with van der Waals surface area (Å²) in [6, 6.07) is 7.65. The molecule has 4 heterocycles. The number of benzene rings is 1. The van der Waals surface area contributed by atoms with Gasteiger partial charge in [-0.15, -0.1) is 0 Å². The fourth-order valence-corrected chi connectivity index (χ4v) is 6.79. The molecule has 1 aromatic carbocycles. The second-order valence-electron chi connectivity index (χ2n) is 11.7. The summed E-state index contributed by atoms with van der Waals surface area (Å²) in [6.07, 6.45) is 8.66. The number of nitrogens with one attached hydrogen (secondary N) is 2. The van der Waals surface area contributed by atoms with Crippen molar-refractivity contribution in [1.82, 2.24) is 25.4 Å². The van der Waals surface area contributed by atoms with Gasteiger partial charge in [0.2, 0.25) is 5.88 Å². The maximum absolute atomic E-state index is 13.6. The molecule has 3 saturated heterocycles. The average molecular weight is 581 g/mol. The molecule has 4 fully saturated rings. The molecule has 41 heavy (non-hydrogen) atoms. The van der Waals surface area contributed by atoms with E-state index in [0.29, 0.717) is 54.1 Å². The van der Waals surface area contributed by atoms with Crippen LogP contribution in [0.2, 0.25) is 5.02 Å². The second-order valence-corrected chi connectivity index (χ2v) is 12.1. The van der Waals surface area contributed by atoms with Crippen LogP contribution >= 0.6 is 11.6 Å². The molecule has 1 aliphatic carbocycles. The number of carbonyl (C=O) groups is 2. The van der Waals surface area contributed by atoms with Crippen LogP contribution < -0.4 is 20.3 Å². The van der Waals surface area contributed by atoms with E-state index in [1.54, 1.807) is 12.3 Å². The normalized spacial score (nSPS) is 22.2. The first-order valence-corrected chi connectivity index (χ1v) is 15.6. The molecule has 1 atom stereocenters. The number of aromatic nitrogens is 1. The number of nitrogens with zero attached hydrogens (tertiary/aromatic N) is 4. The Morgan fingerprint density at radius 1 is 0.805 bits per heavy atom. The van der Waals surface area contributed by atoms with Gasteiger partial charge < -0.3 is 30.1 Å². The minimum Gasteiger partial charge on any atom is -0.473 e. The van der Waals surface area contributed by atoms with Gasteiger partial charge in [0.1, 0.15) is 6.10 Å². The fraction of sp³-hybridized carbons (Fsp3) is 0.581. The van der Waals surface area contributed by atoms with Gasteiger partial charge in [0, 0.05) is 86.9 Å². The molecule has 2 N–H and O–H groups in total. The van der Waals surface area contributed by atoms with E-state index in [-0.39, 0.29) is 17.9 Å². The standard InChI is InChI=1S/C31H41ClN6O3/c32-25-16-23(17-26(19-25)36-10-8-33-9-11-36)30(39)37-12-14-38(15-13-37)31(40)24-18-28(22-4-2-1-3-5-22)29(35-20-24)41-27-6-7-34-21-27/h16-20,22,27,33-34H,1-15,21H2/t27-/m0/s1. The first kappa shape index (κ1) is 28.2. The Labute approximate surface area is 247 Å². The molecule has 2 aromatic rings. The van der Waals surface area contributed by atoms with Gasteiger partial charge in [-0.25, -0.2) is 4.98 Å². The van der Waals surface area contributed by atoms with Crippen molar-refractivity contribution in [3.8, 4) is 5.88 Å². The summed E-state index contributed by atoms with van der Waals surface area (Å²) in [5.74, 6) is 1.01. The molecule has 4 aliphatic rings. The monoisotopic (exact) mass is 580 g/mol. The first-order chi connectivity index (χ1) is 20.0. The Bertz CT molecular complexity index is 1230. The Morgan fingerprint density at radius 3 is 2.20 bits per heavy atom. The number of ether oxygens (including phenoxy) is 1. The highest BCUT2D eigenvalue weighted by Gasteiger charge is 2.29. The lowest BCUT2D eigenvalue weighted by Crippen LogP contribution is -2.50. The van der Waals surface area contributed by atoms with Crippen LogP contribution in [0, 0.1) is 0 Å². The van der Waals surface area contributed by atoms with Crippen molar-refractivity contribution in [2.45, 2.75) is 50.5 Å². The minimum absolute atomic E-state index is 0.0282. The SMILES string of the molecule is O=C(c1cc(Cl)cc(N2CCNCC2)c1)N1CCN(C(=O)c2cnc(O[C@H]3CCNC3)c(C3CCCCC3)c2)CC1. The molecule has 9 nitrogen and oxygen atoms in total. The third kappa shape index (κ3) is 6.63. The predicted octanol–water partition coefficient (Wildman–Crippen LogP) is 3.53. The van der Waals surface area contributed by atoms with Gasteiger partial charge >= 0.3 is 0 Å². The number of pyridine rings is 1. The van der Waals surface area contributed by atoms with Crippen LogP contribution in [0.15, 0.2) is 30.5 Å². The zero-order valence-electron chi connectivity index (χ0n) is 23.7. The van der Waals surface area contributed by atoms with Crippen molar-refractivity contribution in [2.24, 2.45) is 0 Å². The molecule has 6 rings (SSSR count). The van der Waals surface area contributed by atoms with E-state index < -0.39 is 0 Å². The van der Waals surface area contributed by atoms with Crippen LogP contribution in [0.4, 0.5) is 5.69 Å². The Kier molecular flexibility index (Phi) is 8.93. The van der Waals surface area contributed by atoms with Crippen molar-refractivity contribution >= 4 is 29.1 Å². The van der Waals surface area contributed by atoms with E-state index in [0.717, 1.165) is 69.8 Å². The van der Waals surface area contributed by atoms with Crippen molar-refractivity contribution in [3.05, 3.63) is 52.2 Å². The van der Waals surface area contributed by atoms with Gasteiger partial charge in [-0.2, -0.15) is 0 Å². The fourth-order valence-electron chi connectivity index (χ4n) is 6.56. The Hall–Kier alpha value is -2.88. The quantitative estimate of drug-likeness (QED) is 0.540. The molecule has 0 bridgehead atoms. The molecule has 220 valence electrons. The summed E-state index contributed by atoms with van der Waals surface area (Å²) < 4.78 is 6.32. The zero-order valence-corrected chi connectivity index (χ0v) is 24.5. The highest BCUT2D eigenvalue weighted by molar-refractivity contribution is 6.31. The zero-order chi connectivity index (χ0) is 28.2. The molecule has 2 amide bonds. The summed E-state index contributed by atoms with van der Waals surface area (Å²) in [6.45, 7) is 7.34. The van der Waals surface area contributed by atoms with Crippen LogP contribution in [0.3, 0.4) is 0 Å². The van der Waals surface area contributed by atoms with Gasteiger partial charge in [0.15, 0.2) is 0 Å². The Morgan fingerprint density at radius 2 is 1.51 bits per heavy atom. The molecular weight excluding hydrogens is 540 g/mol. The lowest BCUT2D eigenvalue weighted by atomic mass is 9.84. The van der Waals surface area contributed by atoms with Gasteiger partial charge in [0.05, 0.1) is 5.56 Å². The summed E-state index contributed by atoms with van der Waals surface area (Å²) in [4.78, 5) is 37.7. The molecule has 3 aliphatic heterocycles. The van der Waals surface area contributed by atoms with Crippen molar-refractivity contribution in [3.63, 3.8) is 0 Å². The highest BCUT2D eigenvalue weighted by Crippen LogP contribution is 2.37.